The molecule has 0 saturated carbocycles. The quantitative estimate of drug-likeness (QED) is 0.541. The molecule has 4 N–H and O–H groups in total. The third-order valence-corrected chi connectivity index (χ3v) is 1.79. The first kappa shape index (κ1) is 17.8. The number of aliphatic hydroxyl groups is 1. The van der Waals surface area contributed by atoms with Gasteiger partial charge in [0.1, 0.15) is 0 Å². The van der Waals surface area contributed by atoms with Crippen molar-refractivity contribution >= 4 is 17.9 Å². The molecule has 0 aliphatic carbocycles. The van der Waals surface area contributed by atoms with E-state index in [2.05, 4.69) is 13.8 Å². The number of rotatable bonds is 6. The molecule has 0 aromatic rings. The molecule has 7 nitrogen and oxygen atoms in total. The Hall–Kier alpha value is -1.63. The summed E-state index contributed by atoms with van der Waals surface area (Å²) in [6.45, 7) is 4.36. The van der Waals surface area contributed by atoms with Gasteiger partial charge >= 0.3 is 17.9 Å². The molecule has 0 aliphatic rings. The molecule has 0 amide bonds. The minimum atomic E-state index is -2.74. The maximum absolute atomic E-state index is 10.3. The van der Waals surface area contributed by atoms with E-state index in [0.29, 0.717) is 0 Å². The number of carboxylic acid groups (broad SMARTS) is 3. The number of hydrogen-bond acceptors (Lipinski definition) is 4. The highest BCUT2D eigenvalue weighted by atomic mass is 16.4. The summed E-state index contributed by atoms with van der Waals surface area (Å²) >= 11 is 0. The van der Waals surface area contributed by atoms with Gasteiger partial charge in [0.15, 0.2) is 5.60 Å². The van der Waals surface area contributed by atoms with Gasteiger partial charge < -0.3 is 20.4 Å². The molecule has 0 atom stereocenters. The largest absolute Gasteiger partial charge is 0.481 e. The number of carbonyl (C=O) groups is 3. The molecule has 0 bridgehead atoms. The second-order valence-electron chi connectivity index (χ2n) is 3.48. The first-order valence-electron chi connectivity index (χ1n) is 5.09. The van der Waals surface area contributed by atoms with Gasteiger partial charge in [0, 0.05) is 0 Å². The Morgan fingerprint density at radius 2 is 1.18 bits per heavy atom. The molecule has 100 valence electrons. The molecule has 0 unspecified atom stereocenters. The Kier molecular flexibility index (Phi) is 8.89. The van der Waals surface area contributed by atoms with Gasteiger partial charge in [-0.3, -0.25) is 9.59 Å². The second kappa shape index (κ2) is 8.51. The number of carboxylic acids is 3. The zero-order chi connectivity index (χ0) is 14.1. The van der Waals surface area contributed by atoms with Crippen LogP contribution in [0.15, 0.2) is 0 Å². The van der Waals surface area contributed by atoms with Crippen LogP contribution in [0.25, 0.3) is 0 Å². The van der Waals surface area contributed by atoms with Crippen molar-refractivity contribution in [2.75, 3.05) is 0 Å². The minimum absolute atomic E-state index is 1.14. The van der Waals surface area contributed by atoms with E-state index in [4.69, 9.17) is 20.4 Å². The highest BCUT2D eigenvalue weighted by Gasteiger charge is 2.40. The van der Waals surface area contributed by atoms with Crippen molar-refractivity contribution in [3.05, 3.63) is 0 Å². The molecule has 0 aliphatic heterocycles. The second-order valence-corrected chi connectivity index (χ2v) is 3.48. The zero-order valence-electron chi connectivity index (χ0n) is 9.84. The third kappa shape index (κ3) is 9.31. The van der Waals surface area contributed by atoms with Crippen LogP contribution in [-0.2, 0) is 14.4 Å². The van der Waals surface area contributed by atoms with Crippen LogP contribution in [0, 0.1) is 0 Å². The molecular weight excluding hydrogens is 232 g/mol. The lowest BCUT2D eigenvalue weighted by atomic mass is 9.96. The highest BCUT2D eigenvalue weighted by molar-refractivity contribution is 5.88. The molecule has 0 aromatic carbocycles. The average Bonchev–Trinajstić information content (AvgIpc) is 2.15. The Morgan fingerprint density at radius 3 is 1.29 bits per heavy atom. The number of hydrogen-bond donors (Lipinski definition) is 4. The Balaban J connectivity index is 0. The lowest BCUT2D eigenvalue weighted by Crippen LogP contribution is -2.42. The summed E-state index contributed by atoms with van der Waals surface area (Å²) in [5, 5.41) is 33.8. The molecule has 0 spiro atoms. The van der Waals surface area contributed by atoms with E-state index < -0.39 is 36.4 Å². The van der Waals surface area contributed by atoms with Gasteiger partial charge in [-0.15, -0.1) is 0 Å². The van der Waals surface area contributed by atoms with E-state index in [9.17, 15) is 14.4 Å². The summed E-state index contributed by atoms with van der Waals surface area (Å²) in [6, 6.07) is 0. The molecule has 0 aromatic heterocycles. The monoisotopic (exact) mass is 250 g/mol. The molecule has 0 saturated heterocycles. The topological polar surface area (TPSA) is 132 Å². The third-order valence-electron chi connectivity index (χ3n) is 1.79. The smallest absolute Gasteiger partial charge is 0.336 e. The maximum Gasteiger partial charge on any atom is 0.336 e. The molecule has 7 heteroatoms. The van der Waals surface area contributed by atoms with Crippen LogP contribution in [0.2, 0.25) is 0 Å². The normalized spacial score (nSPS) is 10.1. The van der Waals surface area contributed by atoms with E-state index in [1.165, 1.54) is 12.8 Å². The van der Waals surface area contributed by atoms with E-state index in [1.807, 2.05) is 0 Å². The molecule has 0 fully saturated rings. The van der Waals surface area contributed by atoms with E-state index in [0.717, 1.165) is 0 Å². The van der Waals surface area contributed by atoms with E-state index >= 15 is 0 Å². The van der Waals surface area contributed by atoms with Crippen LogP contribution >= 0.6 is 0 Å². The number of unbranched alkanes of at least 4 members (excludes halogenated alkanes) is 1. The van der Waals surface area contributed by atoms with Crippen molar-refractivity contribution in [1.29, 1.82) is 0 Å². The lowest BCUT2D eigenvalue weighted by molar-refractivity contribution is -0.170. The minimum Gasteiger partial charge on any atom is -0.481 e. The van der Waals surface area contributed by atoms with Gasteiger partial charge in [0.25, 0.3) is 0 Å². The summed E-state index contributed by atoms with van der Waals surface area (Å²) in [5.74, 6) is -5.02. The summed E-state index contributed by atoms with van der Waals surface area (Å²) < 4.78 is 0. The predicted molar refractivity (Wildman–Crippen MR) is 57.7 cm³/mol. The van der Waals surface area contributed by atoms with Crippen molar-refractivity contribution in [3.63, 3.8) is 0 Å². The SMILES string of the molecule is CCCC.O=C(O)CC(O)(CC(=O)O)C(=O)O. The first-order valence-corrected chi connectivity index (χ1v) is 5.09. The van der Waals surface area contributed by atoms with Gasteiger partial charge in [0.2, 0.25) is 0 Å². The fraction of sp³-hybridized carbons (Fsp3) is 0.700. The lowest BCUT2D eigenvalue weighted by Gasteiger charge is -2.18. The Labute approximate surface area is 98.7 Å². The van der Waals surface area contributed by atoms with Crippen LogP contribution in [0.1, 0.15) is 39.5 Å². The van der Waals surface area contributed by atoms with Gasteiger partial charge in [-0.2, -0.15) is 0 Å². The predicted octanol–water partition coefficient (Wildman–Crippen LogP) is 0.558. The molecule has 0 radical (unpaired) electrons. The van der Waals surface area contributed by atoms with Crippen LogP contribution in [-0.4, -0.2) is 43.9 Å². The summed E-state index contributed by atoms with van der Waals surface area (Å²) in [7, 11) is 0. The summed E-state index contributed by atoms with van der Waals surface area (Å²) in [4.78, 5) is 30.5. The maximum atomic E-state index is 10.3. The Bertz CT molecular complexity index is 254. The van der Waals surface area contributed by atoms with Crippen molar-refractivity contribution in [2.24, 2.45) is 0 Å². The van der Waals surface area contributed by atoms with Crippen LogP contribution < -0.4 is 0 Å². The zero-order valence-corrected chi connectivity index (χ0v) is 9.84. The van der Waals surface area contributed by atoms with Crippen molar-refractivity contribution < 1.29 is 34.8 Å². The van der Waals surface area contributed by atoms with Crippen molar-refractivity contribution in [2.45, 2.75) is 45.1 Å². The average molecular weight is 250 g/mol. The molecule has 0 heterocycles. The van der Waals surface area contributed by atoms with E-state index in [1.54, 1.807) is 0 Å². The summed E-state index contributed by atoms with van der Waals surface area (Å²) in [6.07, 6.45) is 0.350. The number of aliphatic carboxylic acids is 3. The van der Waals surface area contributed by atoms with Crippen LogP contribution in [0.5, 0.6) is 0 Å². The van der Waals surface area contributed by atoms with E-state index in [-0.39, 0.29) is 0 Å². The Morgan fingerprint density at radius 1 is 0.882 bits per heavy atom. The van der Waals surface area contributed by atoms with Crippen molar-refractivity contribution in [1.82, 2.24) is 0 Å². The van der Waals surface area contributed by atoms with Crippen LogP contribution in [0.4, 0.5) is 0 Å². The van der Waals surface area contributed by atoms with Crippen molar-refractivity contribution in [3.8, 4) is 0 Å². The fourth-order valence-electron chi connectivity index (χ4n) is 0.714. The summed E-state index contributed by atoms with van der Waals surface area (Å²) in [5.41, 5.74) is -2.74. The van der Waals surface area contributed by atoms with Gasteiger partial charge in [-0.1, -0.05) is 26.7 Å². The molecule has 0 rings (SSSR count). The van der Waals surface area contributed by atoms with Crippen LogP contribution in [0.3, 0.4) is 0 Å². The van der Waals surface area contributed by atoms with Gasteiger partial charge in [0.05, 0.1) is 12.8 Å². The molecule has 17 heavy (non-hydrogen) atoms. The standard InChI is InChI=1S/C6H8O7.C4H10/c7-3(8)1-6(13,5(11)12)2-4(9)10;1-3-4-2/h13H,1-2H2,(H,7,8)(H,9,10)(H,11,12);3-4H2,1-2H3. The van der Waals surface area contributed by atoms with Gasteiger partial charge in [-0.05, 0) is 0 Å². The van der Waals surface area contributed by atoms with Gasteiger partial charge in [-0.25, -0.2) is 4.79 Å². The fourth-order valence-corrected chi connectivity index (χ4v) is 0.714. The highest BCUT2D eigenvalue weighted by Crippen LogP contribution is 2.15. The molecular formula is C10H18O7. The first-order chi connectivity index (χ1) is 7.69.